The topological polar surface area (TPSA) is 173 Å². The lowest BCUT2D eigenvalue weighted by Crippen LogP contribution is -2.73. The molecule has 2 aromatic carbocycles. The van der Waals surface area contributed by atoms with Gasteiger partial charge < -0.3 is 36.4 Å². The van der Waals surface area contributed by atoms with Gasteiger partial charge in [-0.3, -0.25) is 14.4 Å². The van der Waals surface area contributed by atoms with E-state index in [9.17, 15) is 39.2 Å². The van der Waals surface area contributed by atoms with Crippen LogP contribution in [-0.2, 0) is 33.9 Å². The summed E-state index contributed by atoms with van der Waals surface area (Å²) in [7, 11) is 3.21. The third-order valence-electron chi connectivity index (χ3n) is 8.63. The molecule has 0 aliphatic heterocycles. The number of amides is 1. The maximum Gasteiger partial charge on any atom is 0.230 e. The fourth-order valence-corrected chi connectivity index (χ4v) is 6.78. The first-order valence-corrected chi connectivity index (χ1v) is 13.1. The van der Waals surface area contributed by atoms with Gasteiger partial charge in [0.2, 0.25) is 11.7 Å². The number of aromatic hydroxyl groups is 1. The van der Waals surface area contributed by atoms with E-state index in [-0.39, 0.29) is 35.5 Å². The van der Waals surface area contributed by atoms with Gasteiger partial charge in [-0.15, -0.1) is 0 Å². The SMILES string of the molecule is CN(C)C1C(O)C(C(N)=O)C(=O)[C@]2(O)C(=O)C3=C(O)c4c(O)ccc(CNCc5ccc(F)cc5)c4C[C@@H]3C[C@H]12. The Bertz CT molecular complexity index is 1420. The van der Waals surface area contributed by atoms with E-state index in [4.69, 9.17) is 5.73 Å². The number of nitrogens with one attached hydrogen (secondary N) is 1. The molecule has 2 saturated carbocycles. The zero-order valence-electron chi connectivity index (χ0n) is 22.1. The van der Waals surface area contributed by atoms with Crippen LogP contribution in [0.5, 0.6) is 5.75 Å². The second kappa shape index (κ2) is 10.1. The minimum Gasteiger partial charge on any atom is -0.507 e. The predicted octanol–water partition coefficient (Wildman–Crippen LogP) is 0.558. The van der Waals surface area contributed by atoms with E-state index < -0.39 is 58.7 Å². The maximum absolute atomic E-state index is 13.9. The van der Waals surface area contributed by atoms with Gasteiger partial charge in [0.15, 0.2) is 11.4 Å². The van der Waals surface area contributed by atoms with Crippen molar-refractivity contribution >= 4 is 23.2 Å². The van der Waals surface area contributed by atoms with Crippen molar-refractivity contribution in [1.82, 2.24) is 10.2 Å². The number of phenols is 1. The van der Waals surface area contributed by atoms with Gasteiger partial charge in [-0.1, -0.05) is 18.2 Å². The van der Waals surface area contributed by atoms with Crippen molar-refractivity contribution in [3.05, 3.63) is 70.0 Å². The molecule has 3 unspecified atom stereocenters. The molecule has 2 aromatic rings. The van der Waals surface area contributed by atoms with E-state index in [0.717, 1.165) is 11.1 Å². The van der Waals surface area contributed by atoms with Gasteiger partial charge in [-0.2, -0.15) is 0 Å². The molecular formula is C29H32FN3O7. The van der Waals surface area contributed by atoms with Gasteiger partial charge in [0.25, 0.3) is 0 Å². The molecule has 0 spiro atoms. The average molecular weight is 554 g/mol. The number of likely N-dealkylation sites (N-methyl/N-ethyl adjacent to an activating group) is 1. The van der Waals surface area contributed by atoms with E-state index in [1.54, 1.807) is 37.2 Å². The summed E-state index contributed by atoms with van der Waals surface area (Å²) in [5.74, 6) is -8.04. The number of primary amides is 1. The molecule has 3 aliphatic rings. The van der Waals surface area contributed by atoms with Crippen LogP contribution >= 0.6 is 0 Å². The molecule has 0 bridgehead atoms. The molecule has 11 heteroatoms. The number of Topliss-reactive ketones (excluding diaryl/α,β-unsaturated/α-hetero) is 2. The Kier molecular flexibility index (Phi) is 7.03. The lowest BCUT2D eigenvalue weighted by molar-refractivity contribution is -0.184. The minimum atomic E-state index is -2.69. The molecule has 1 amide bonds. The Hall–Kier alpha value is -3.64. The molecular weight excluding hydrogens is 521 g/mol. The van der Waals surface area contributed by atoms with Gasteiger partial charge in [0.05, 0.1) is 11.7 Å². The number of halogens is 1. The average Bonchev–Trinajstić information content (AvgIpc) is 2.88. The number of hydrogen-bond acceptors (Lipinski definition) is 9. The predicted molar refractivity (Wildman–Crippen MR) is 141 cm³/mol. The van der Waals surface area contributed by atoms with Crippen LogP contribution < -0.4 is 11.1 Å². The van der Waals surface area contributed by atoms with Crippen molar-refractivity contribution < 1.29 is 39.2 Å². The maximum atomic E-state index is 13.9. The zero-order chi connectivity index (χ0) is 29.1. The van der Waals surface area contributed by atoms with Crippen molar-refractivity contribution in [3.63, 3.8) is 0 Å². The lowest BCUT2D eigenvalue weighted by Gasteiger charge is -2.53. The number of carbonyl (C=O) groups excluding carboxylic acids is 3. The summed E-state index contributed by atoms with van der Waals surface area (Å²) in [6.45, 7) is 0.778. The Morgan fingerprint density at radius 3 is 2.42 bits per heavy atom. The first-order valence-electron chi connectivity index (χ1n) is 13.1. The smallest absolute Gasteiger partial charge is 0.230 e. The number of aliphatic hydroxyl groups is 3. The summed E-state index contributed by atoms with van der Waals surface area (Å²) in [6, 6.07) is 8.20. The highest BCUT2D eigenvalue weighted by molar-refractivity contribution is 6.25. The Morgan fingerprint density at radius 2 is 1.80 bits per heavy atom. The Balaban J connectivity index is 1.53. The highest BCUT2D eigenvalue weighted by Crippen LogP contribution is 2.52. The number of nitrogens with zero attached hydrogens (tertiary/aromatic N) is 1. The normalized spacial score (nSPS) is 29.7. The van der Waals surface area contributed by atoms with E-state index >= 15 is 0 Å². The molecule has 3 aliphatic carbocycles. The molecule has 0 radical (unpaired) electrons. The second-order valence-corrected chi connectivity index (χ2v) is 11.1. The standard InChI is InChI=1S/C29H32FN3O7/c1-33(2)23-18-10-15-9-17-14(12-32-11-13-3-6-16(30)7-4-13)5-8-19(34)21(17)24(35)20(15)26(37)29(18,40)27(38)22(25(23)36)28(31)39/h3-8,15,18,22-23,25,32,34-36,40H,9-12H2,1-2H3,(H2,31,39)/t15-,18-,22?,23?,25?,29-/m1/s1. The summed E-state index contributed by atoms with van der Waals surface area (Å²) in [6.07, 6.45) is -1.27. The molecule has 2 fully saturated rings. The van der Waals surface area contributed by atoms with Crippen molar-refractivity contribution in [3.8, 4) is 5.75 Å². The summed E-state index contributed by atoms with van der Waals surface area (Å²) >= 11 is 0. The first kappa shape index (κ1) is 27.9. The van der Waals surface area contributed by atoms with Crippen LogP contribution in [-0.4, -0.2) is 74.6 Å². The lowest BCUT2D eigenvalue weighted by atomic mass is 9.54. The number of ketones is 2. The van der Waals surface area contributed by atoms with E-state index in [2.05, 4.69) is 5.32 Å². The van der Waals surface area contributed by atoms with Gasteiger partial charge in [0, 0.05) is 30.6 Å². The van der Waals surface area contributed by atoms with Crippen molar-refractivity contribution in [2.45, 2.75) is 43.7 Å². The van der Waals surface area contributed by atoms with Crippen molar-refractivity contribution in [2.75, 3.05) is 14.1 Å². The molecule has 10 nitrogen and oxygen atoms in total. The summed E-state index contributed by atoms with van der Waals surface area (Å²) in [5.41, 5.74) is 4.79. The minimum absolute atomic E-state index is 0.0432. The van der Waals surface area contributed by atoms with Crippen LogP contribution in [0.3, 0.4) is 0 Å². The number of hydrogen-bond donors (Lipinski definition) is 6. The molecule has 40 heavy (non-hydrogen) atoms. The van der Waals surface area contributed by atoms with Crippen molar-refractivity contribution in [2.24, 2.45) is 23.5 Å². The molecule has 7 N–H and O–H groups in total. The van der Waals surface area contributed by atoms with E-state index in [1.807, 2.05) is 0 Å². The summed E-state index contributed by atoms with van der Waals surface area (Å²) in [5, 5.41) is 47.9. The third-order valence-corrected chi connectivity index (χ3v) is 8.63. The van der Waals surface area contributed by atoms with E-state index in [0.29, 0.717) is 18.7 Å². The van der Waals surface area contributed by atoms with Crippen LogP contribution in [0.2, 0.25) is 0 Å². The summed E-state index contributed by atoms with van der Waals surface area (Å²) in [4.78, 5) is 40.9. The molecule has 212 valence electrons. The van der Waals surface area contributed by atoms with E-state index in [1.165, 1.54) is 18.2 Å². The van der Waals surface area contributed by atoms with Crippen LogP contribution in [0.1, 0.15) is 28.7 Å². The molecule has 5 rings (SSSR count). The number of benzene rings is 2. The number of nitrogens with two attached hydrogens (primary N) is 1. The Labute approximate surface area is 229 Å². The highest BCUT2D eigenvalue weighted by Gasteiger charge is 2.67. The Morgan fingerprint density at radius 1 is 1.12 bits per heavy atom. The van der Waals surface area contributed by atoms with Gasteiger partial charge in [-0.25, -0.2) is 4.39 Å². The van der Waals surface area contributed by atoms with Gasteiger partial charge >= 0.3 is 0 Å². The number of fused-ring (bicyclic) bond motifs is 3. The quantitative estimate of drug-likeness (QED) is 0.279. The largest absolute Gasteiger partial charge is 0.507 e. The highest BCUT2D eigenvalue weighted by atomic mass is 19.1. The zero-order valence-corrected chi connectivity index (χ0v) is 22.1. The molecule has 0 saturated heterocycles. The van der Waals surface area contributed by atoms with Crippen molar-refractivity contribution in [1.29, 1.82) is 0 Å². The first-order chi connectivity index (χ1) is 18.9. The fraction of sp³-hybridized carbons (Fsp3) is 0.414. The van der Waals surface area contributed by atoms with Crippen LogP contribution in [0.25, 0.3) is 5.76 Å². The number of aliphatic hydroxyl groups excluding tert-OH is 2. The molecule has 0 heterocycles. The number of phenolic OH excluding ortho intramolecular Hbond substituents is 1. The third kappa shape index (κ3) is 4.21. The van der Waals surface area contributed by atoms with Gasteiger partial charge in [-0.05, 0) is 67.7 Å². The second-order valence-electron chi connectivity index (χ2n) is 11.1. The van der Waals surface area contributed by atoms with Crippen LogP contribution in [0.4, 0.5) is 4.39 Å². The monoisotopic (exact) mass is 553 g/mol. The van der Waals surface area contributed by atoms with Gasteiger partial charge in [0.1, 0.15) is 23.2 Å². The number of carbonyl (C=O) groups is 3. The van der Waals surface area contributed by atoms with Crippen LogP contribution in [0.15, 0.2) is 42.0 Å². The molecule has 0 aromatic heterocycles. The molecule has 6 atom stereocenters. The summed E-state index contributed by atoms with van der Waals surface area (Å²) < 4.78 is 13.2. The fourth-order valence-electron chi connectivity index (χ4n) is 6.78. The van der Waals surface area contributed by atoms with Crippen LogP contribution in [0, 0.1) is 23.6 Å². The number of rotatable bonds is 6.